The van der Waals surface area contributed by atoms with Crippen molar-refractivity contribution in [3.8, 4) is 22.1 Å². The molecule has 0 saturated carbocycles. The molecule has 0 aliphatic heterocycles. The molecule has 0 aliphatic carbocycles. The van der Waals surface area contributed by atoms with Gasteiger partial charge >= 0.3 is 5.69 Å². The van der Waals surface area contributed by atoms with Crippen LogP contribution in [0.4, 0.5) is 0 Å². The maximum Gasteiger partial charge on any atom is 0.346 e. The van der Waals surface area contributed by atoms with E-state index in [0.717, 1.165) is 4.88 Å². The number of hydrazone groups is 1. The monoisotopic (exact) mass is 412 g/mol. The van der Waals surface area contributed by atoms with Crippen molar-refractivity contribution < 1.29 is 14.3 Å². The number of nitrogens with one attached hydrogen (secondary N) is 2. The predicted molar refractivity (Wildman–Crippen MR) is 112 cm³/mol. The average molecular weight is 412 g/mol. The van der Waals surface area contributed by atoms with Gasteiger partial charge in [0.2, 0.25) is 0 Å². The highest BCUT2D eigenvalue weighted by molar-refractivity contribution is 7.13. The summed E-state index contributed by atoms with van der Waals surface area (Å²) >= 11 is 1.45. The molecule has 0 radical (unpaired) electrons. The minimum atomic E-state index is -0.601. The van der Waals surface area contributed by atoms with Crippen molar-refractivity contribution in [3.05, 3.63) is 63.5 Å². The second-order valence-corrected chi connectivity index (χ2v) is 7.19. The summed E-state index contributed by atoms with van der Waals surface area (Å²) in [6.07, 6.45) is 1.45. The van der Waals surface area contributed by atoms with Gasteiger partial charge in [0.1, 0.15) is 5.69 Å². The second-order valence-electron chi connectivity index (χ2n) is 6.24. The summed E-state index contributed by atoms with van der Waals surface area (Å²) in [6.45, 7) is 3.83. The summed E-state index contributed by atoms with van der Waals surface area (Å²) in [7, 11) is 1.56. The van der Waals surface area contributed by atoms with Crippen LogP contribution in [-0.2, 0) is 0 Å². The van der Waals surface area contributed by atoms with E-state index in [0.29, 0.717) is 22.8 Å². The van der Waals surface area contributed by atoms with E-state index in [4.69, 9.17) is 9.47 Å². The summed E-state index contributed by atoms with van der Waals surface area (Å²) in [5.41, 5.74) is 3.00. The van der Waals surface area contributed by atoms with Crippen molar-refractivity contribution in [2.75, 3.05) is 7.11 Å². The fraction of sp³-hybridized carbons (Fsp3) is 0.200. The standard InChI is InChI=1S/C20H20N4O4S/c1-12(2)28-17-9-13(6-7-16(17)27-3)11-21-24-19(25)15-10-14(22-20(26)23-15)18-5-4-8-29-18/h4-12H,1-3H3,(H,24,25)(H,22,23,26)/b21-11+. The van der Waals surface area contributed by atoms with Crippen LogP contribution in [0.1, 0.15) is 29.9 Å². The van der Waals surface area contributed by atoms with Crippen LogP contribution in [0.2, 0.25) is 0 Å². The third-order valence-corrected chi connectivity index (χ3v) is 4.60. The second kappa shape index (κ2) is 9.16. The van der Waals surface area contributed by atoms with Crippen LogP contribution in [0.3, 0.4) is 0 Å². The van der Waals surface area contributed by atoms with Gasteiger partial charge in [0.25, 0.3) is 5.91 Å². The maximum atomic E-state index is 12.3. The van der Waals surface area contributed by atoms with E-state index >= 15 is 0 Å². The van der Waals surface area contributed by atoms with E-state index in [1.165, 1.54) is 23.6 Å². The van der Waals surface area contributed by atoms with E-state index in [1.807, 2.05) is 31.4 Å². The molecule has 9 heteroatoms. The van der Waals surface area contributed by atoms with Crippen LogP contribution in [-0.4, -0.2) is 35.3 Å². The molecule has 1 aromatic carbocycles. The lowest BCUT2D eigenvalue weighted by atomic mass is 10.2. The molecule has 2 heterocycles. The Morgan fingerprint density at radius 1 is 1.28 bits per heavy atom. The zero-order valence-corrected chi connectivity index (χ0v) is 16.9. The number of aromatic amines is 1. The van der Waals surface area contributed by atoms with E-state index in [2.05, 4.69) is 20.5 Å². The van der Waals surface area contributed by atoms with Crippen molar-refractivity contribution >= 4 is 23.5 Å². The molecule has 0 saturated heterocycles. The first kappa shape index (κ1) is 20.3. The van der Waals surface area contributed by atoms with Crippen LogP contribution in [0.5, 0.6) is 11.5 Å². The van der Waals surface area contributed by atoms with Gasteiger partial charge in [0.05, 0.1) is 30.0 Å². The molecule has 0 fully saturated rings. The zero-order valence-electron chi connectivity index (χ0n) is 16.1. The van der Waals surface area contributed by atoms with Gasteiger partial charge in [-0.2, -0.15) is 10.1 Å². The van der Waals surface area contributed by atoms with Crippen molar-refractivity contribution in [1.29, 1.82) is 0 Å². The molecule has 0 spiro atoms. The normalized spacial score (nSPS) is 11.0. The van der Waals surface area contributed by atoms with Gasteiger partial charge in [-0.25, -0.2) is 10.2 Å². The molecular formula is C20H20N4O4S. The van der Waals surface area contributed by atoms with E-state index in [-0.39, 0.29) is 11.8 Å². The molecule has 1 amide bonds. The molecule has 2 N–H and O–H groups in total. The molecular weight excluding hydrogens is 392 g/mol. The van der Waals surface area contributed by atoms with Gasteiger partial charge in [0, 0.05) is 0 Å². The number of hydrogen-bond acceptors (Lipinski definition) is 7. The van der Waals surface area contributed by atoms with Crippen molar-refractivity contribution in [3.63, 3.8) is 0 Å². The number of hydrogen-bond donors (Lipinski definition) is 2. The smallest absolute Gasteiger partial charge is 0.346 e. The van der Waals surface area contributed by atoms with Crippen LogP contribution in [0.25, 0.3) is 10.6 Å². The number of ether oxygens (including phenoxy) is 2. The highest BCUT2D eigenvalue weighted by Gasteiger charge is 2.11. The number of methoxy groups -OCH3 is 1. The topological polar surface area (TPSA) is 106 Å². The highest BCUT2D eigenvalue weighted by atomic mass is 32.1. The fourth-order valence-electron chi connectivity index (χ4n) is 2.48. The van der Waals surface area contributed by atoms with Gasteiger partial charge < -0.3 is 14.5 Å². The summed E-state index contributed by atoms with van der Waals surface area (Å²) in [6, 6.07) is 10.5. The van der Waals surface area contributed by atoms with Crippen molar-refractivity contribution in [2.24, 2.45) is 5.10 Å². The molecule has 0 bridgehead atoms. The first-order chi connectivity index (χ1) is 14.0. The largest absolute Gasteiger partial charge is 0.493 e. The predicted octanol–water partition coefficient (Wildman–Crippen LogP) is 3.06. The minimum Gasteiger partial charge on any atom is -0.493 e. The van der Waals surface area contributed by atoms with E-state index < -0.39 is 11.6 Å². The number of carbonyl (C=O) groups excluding carboxylic acids is 1. The third kappa shape index (κ3) is 5.29. The zero-order chi connectivity index (χ0) is 20.8. The van der Waals surface area contributed by atoms with Crippen LogP contribution in [0.15, 0.2) is 51.7 Å². The number of amides is 1. The Hall–Kier alpha value is -3.46. The third-order valence-electron chi connectivity index (χ3n) is 3.69. The first-order valence-corrected chi connectivity index (χ1v) is 9.67. The quantitative estimate of drug-likeness (QED) is 0.458. The Morgan fingerprint density at radius 2 is 2.10 bits per heavy atom. The molecule has 0 aliphatic rings. The number of benzene rings is 1. The van der Waals surface area contributed by atoms with E-state index in [1.54, 1.807) is 25.3 Å². The van der Waals surface area contributed by atoms with Crippen LogP contribution < -0.4 is 20.6 Å². The molecule has 0 unspecified atom stereocenters. The molecule has 3 rings (SSSR count). The Kier molecular flexibility index (Phi) is 6.40. The van der Waals surface area contributed by atoms with Crippen LogP contribution >= 0.6 is 11.3 Å². The summed E-state index contributed by atoms with van der Waals surface area (Å²) in [5.74, 6) is 0.598. The Balaban J connectivity index is 1.74. The average Bonchev–Trinajstić information content (AvgIpc) is 3.22. The molecule has 150 valence electrons. The summed E-state index contributed by atoms with van der Waals surface area (Å²) in [5, 5.41) is 5.82. The highest BCUT2D eigenvalue weighted by Crippen LogP contribution is 2.28. The summed E-state index contributed by atoms with van der Waals surface area (Å²) in [4.78, 5) is 31.3. The molecule has 0 atom stereocenters. The molecule has 8 nitrogen and oxygen atoms in total. The Morgan fingerprint density at radius 3 is 2.79 bits per heavy atom. The lowest BCUT2D eigenvalue weighted by Gasteiger charge is -2.13. The SMILES string of the molecule is COc1ccc(/C=N/NC(=O)c2cc(-c3cccs3)[nH]c(=O)n2)cc1OC(C)C. The number of aromatic nitrogens is 2. The van der Waals surface area contributed by atoms with Gasteiger partial charge in [0.15, 0.2) is 11.5 Å². The number of thiophene rings is 1. The van der Waals surface area contributed by atoms with Crippen LogP contribution in [0, 0.1) is 0 Å². The number of nitrogens with zero attached hydrogens (tertiary/aromatic N) is 2. The van der Waals surface area contributed by atoms with Gasteiger partial charge in [-0.15, -0.1) is 11.3 Å². The number of rotatable bonds is 7. The lowest BCUT2D eigenvalue weighted by Crippen LogP contribution is -2.24. The molecule has 3 aromatic rings. The van der Waals surface area contributed by atoms with E-state index in [9.17, 15) is 9.59 Å². The maximum absolute atomic E-state index is 12.3. The lowest BCUT2D eigenvalue weighted by molar-refractivity contribution is 0.0949. The van der Waals surface area contributed by atoms with Crippen molar-refractivity contribution in [1.82, 2.24) is 15.4 Å². The molecule has 29 heavy (non-hydrogen) atoms. The Labute approximate surface area is 171 Å². The van der Waals surface area contributed by atoms with Gasteiger partial charge in [-0.1, -0.05) is 6.07 Å². The Bertz CT molecular complexity index is 1070. The number of carbonyl (C=O) groups is 1. The first-order valence-electron chi connectivity index (χ1n) is 8.79. The summed E-state index contributed by atoms with van der Waals surface area (Å²) < 4.78 is 11.0. The van der Waals surface area contributed by atoms with Gasteiger partial charge in [-0.05, 0) is 55.1 Å². The number of H-pyrrole nitrogens is 1. The van der Waals surface area contributed by atoms with Gasteiger partial charge in [-0.3, -0.25) is 4.79 Å². The van der Waals surface area contributed by atoms with Crippen molar-refractivity contribution in [2.45, 2.75) is 20.0 Å². The minimum absolute atomic E-state index is 0.0180. The fourth-order valence-corrected chi connectivity index (χ4v) is 3.18. The molecule has 2 aromatic heterocycles.